The third-order valence-electron chi connectivity index (χ3n) is 3.59. The van der Waals surface area contributed by atoms with E-state index in [4.69, 9.17) is 0 Å². The molecule has 1 fully saturated rings. The number of nitrogens with one attached hydrogen (secondary N) is 2. The van der Waals surface area contributed by atoms with Gasteiger partial charge in [0.15, 0.2) is 0 Å². The van der Waals surface area contributed by atoms with Gasteiger partial charge in [0, 0.05) is 32.7 Å². The standard InChI is InChI=1S/C16H21FN4O2/c1-2-7-18-16(23)19-15(22)12-20-8-10-21(11-9-20)14-6-4-3-5-13(14)17/h2-6H,1,7-12H2,(H2,18,19,22,23). The average molecular weight is 320 g/mol. The smallest absolute Gasteiger partial charge is 0.321 e. The highest BCUT2D eigenvalue weighted by Gasteiger charge is 2.21. The van der Waals surface area contributed by atoms with Crippen molar-refractivity contribution in [2.24, 2.45) is 0 Å². The quantitative estimate of drug-likeness (QED) is 0.793. The second kappa shape index (κ2) is 8.28. The molecule has 2 rings (SSSR count). The highest BCUT2D eigenvalue weighted by molar-refractivity contribution is 5.95. The Kier molecular flexibility index (Phi) is 6.10. The van der Waals surface area contributed by atoms with Crippen LogP contribution in [0.15, 0.2) is 36.9 Å². The number of halogens is 1. The minimum absolute atomic E-state index is 0.145. The van der Waals surface area contributed by atoms with Gasteiger partial charge in [0.1, 0.15) is 5.82 Å². The molecule has 0 saturated carbocycles. The normalized spacial score (nSPS) is 15.1. The summed E-state index contributed by atoms with van der Waals surface area (Å²) in [5.74, 6) is -0.594. The number of carbonyl (C=O) groups excluding carboxylic acids is 2. The summed E-state index contributed by atoms with van der Waals surface area (Å²) >= 11 is 0. The Balaban J connectivity index is 1.76. The first kappa shape index (κ1) is 17.0. The van der Waals surface area contributed by atoms with E-state index in [-0.39, 0.29) is 18.3 Å². The number of amides is 3. The molecule has 1 saturated heterocycles. The second-order valence-electron chi connectivity index (χ2n) is 5.26. The minimum Gasteiger partial charge on any atom is -0.367 e. The van der Waals surface area contributed by atoms with Crippen LogP contribution in [0.1, 0.15) is 0 Å². The van der Waals surface area contributed by atoms with Gasteiger partial charge >= 0.3 is 6.03 Å². The zero-order valence-corrected chi connectivity index (χ0v) is 12.9. The van der Waals surface area contributed by atoms with Gasteiger partial charge in [-0.05, 0) is 12.1 Å². The first-order valence-electron chi connectivity index (χ1n) is 7.50. The van der Waals surface area contributed by atoms with E-state index < -0.39 is 6.03 Å². The second-order valence-corrected chi connectivity index (χ2v) is 5.26. The topological polar surface area (TPSA) is 64.7 Å². The van der Waals surface area contributed by atoms with Crippen molar-refractivity contribution < 1.29 is 14.0 Å². The molecule has 1 aliphatic rings. The number of anilines is 1. The molecule has 6 nitrogen and oxygen atoms in total. The fourth-order valence-corrected chi connectivity index (χ4v) is 2.43. The van der Waals surface area contributed by atoms with Gasteiger partial charge in [-0.1, -0.05) is 18.2 Å². The zero-order chi connectivity index (χ0) is 16.7. The Labute approximate surface area is 134 Å². The summed E-state index contributed by atoms with van der Waals surface area (Å²) in [6.45, 7) is 6.47. The van der Waals surface area contributed by atoms with Gasteiger partial charge < -0.3 is 10.2 Å². The molecule has 1 aromatic rings. The monoisotopic (exact) mass is 320 g/mol. The third kappa shape index (κ3) is 5.07. The molecule has 0 aromatic heterocycles. The minimum atomic E-state index is -0.528. The van der Waals surface area contributed by atoms with Gasteiger partial charge in [-0.3, -0.25) is 15.0 Å². The van der Waals surface area contributed by atoms with Crippen molar-refractivity contribution in [3.05, 3.63) is 42.7 Å². The van der Waals surface area contributed by atoms with Crippen LogP contribution in [0.2, 0.25) is 0 Å². The Bertz CT molecular complexity index is 571. The van der Waals surface area contributed by atoms with E-state index in [0.717, 1.165) is 0 Å². The zero-order valence-electron chi connectivity index (χ0n) is 12.9. The number of rotatable bonds is 5. The van der Waals surface area contributed by atoms with Crippen molar-refractivity contribution in [3.8, 4) is 0 Å². The van der Waals surface area contributed by atoms with Crippen LogP contribution in [0.4, 0.5) is 14.9 Å². The van der Waals surface area contributed by atoms with Crippen LogP contribution in [0.3, 0.4) is 0 Å². The number of nitrogens with zero attached hydrogens (tertiary/aromatic N) is 2. The number of para-hydroxylation sites is 1. The van der Waals surface area contributed by atoms with E-state index in [1.54, 1.807) is 18.2 Å². The number of hydrogen-bond donors (Lipinski definition) is 2. The molecule has 0 spiro atoms. The molecule has 0 atom stereocenters. The van der Waals surface area contributed by atoms with Crippen molar-refractivity contribution in [1.82, 2.24) is 15.5 Å². The van der Waals surface area contributed by atoms with Crippen LogP contribution < -0.4 is 15.5 Å². The van der Waals surface area contributed by atoms with Gasteiger partial charge in [-0.25, -0.2) is 9.18 Å². The van der Waals surface area contributed by atoms with Crippen molar-refractivity contribution in [2.75, 3.05) is 44.2 Å². The molecule has 0 bridgehead atoms. The maximum Gasteiger partial charge on any atom is 0.321 e. The van der Waals surface area contributed by atoms with Crippen molar-refractivity contribution in [2.45, 2.75) is 0 Å². The van der Waals surface area contributed by atoms with E-state index in [2.05, 4.69) is 17.2 Å². The van der Waals surface area contributed by atoms with Gasteiger partial charge in [-0.2, -0.15) is 0 Å². The lowest BCUT2D eigenvalue weighted by molar-refractivity contribution is -0.121. The fourth-order valence-electron chi connectivity index (χ4n) is 2.43. The molecule has 7 heteroatoms. The maximum absolute atomic E-state index is 13.8. The number of piperazine rings is 1. The largest absolute Gasteiger partial charge is 0.367 e. The van der Waals surface area contributed by atoms with Crippen LogP contribution in [0.5, 0.6) is 0 Å². The highest BCUT2D eigenvalue weighted by Crippen LogP contribution is 2.19. The van der Waals surface area contributed by atoms with Crippen LogP contribution in [-0.2, 0) is 4.79 Å². The molecule has 1 heterocycles. The molecule has 23 heavy (non-hydrogen) atoms. The fraction of sp³-hybridized carbons (Fsp3) is 0.375. The molecule has 1 aromatic carbocycles. The SMILES string of the molecule is C=CCNC(=O)NC(=O)CN1CCN(c2ccccc2F)CC1. The van der Waals surface area contributed by atoms with E-state index >= 15 is 0 Å². The van der Waals surface area contributed by atoms with Crippen molar-refractivity contribution in [1.29, 1.82) is 0 Å². The molecule has 3 amide bonds. The number of urea groups is 1. The van der Waals surface area contributed by atoms with Crippen LogP contribution in [0.25, 0.3) is 0 Å². The van der Waals surface area contributed by atoms with Crippen molar-refractivity contribution >= 4 is 17.6 Å². The first-order chi connectivity index (χ1) is 11.1. The Morgan fingerprint density at radius 2 is 1.91 bits per heavy atom. The highest BCUT2D eigenvalue weighted by atomic mass is 19.1. The van der Waals surface area contributed by atoms with E-state index in [1.165, 1.54) is 12.1 Å². The molecule has 0 unspecified atom stereocenters. The lowest BCUT2D eigenvalue weighted by Crippen LogP contribution is -2.51. The summed E-state index contributed by atoms with van der Waals surface area (Å²) in [5.41, 5.74) is 0.584. The van der Waals surface area contributed by atoms with Gasteiger partial charge in [0.25, 0.3) is 0 Å². The van der Waals surface area contributed by atoms with Crippen LogP contribution in [0, 0.1) is 5.82 Å². The summed E-state index contributed by atoms with van der Waals surface area (Å²) in [7, 11) is 0. The Hall–Kier alpha value is -2.41. The predicted octanol–water partition coefficient (Wildman–Crippen LogP) is 0.959. The molecule has 1 aliphatic heterocycles. The van der Waals surface area contributed by atoms with Crippen LogP contribution in [-0.4, -0.2) is 56.1 Å². The van der Waals surface area contributed by atoms with E-state index in [1.807, 2.05) is 9.80 Å². The summed E-state index contributed by atoms with van der Waals surface area (Å²) in [6, 6.07) is 6.13. The molecule has 2 N–H and O–H groups in total. The van der Waals surface area contributed by atoms with Crippen LogP contribution >= 0.6 is 0 Å². The van der Waals surface area contributed by atoms with Gasteiger partial charge in [0.2, 0.25) is 5.91 Å². The third-order valence-corrected chi connectivity index (χ3v) is 3.59. The number of benzene rings is 1. The lowest BCUT2D eigenvalue weighted by atomic mass is 10.2. The van der Waals surface area contributed by atoms with E-state index in [0.29, 0.717) is 38.4 Å². The Morgan fingerprint density at radius 3 is 2.57 bits per heavy atom. The molecule has 0 aliphatic carbocycles. The number of imide groups is 1. The summed E-state index contributed by atoms with van der Waals surface area (Å²) < 4.78 is 13.8. The summed E-state index contributed by atoms with van der Waals surface area (Å²) in [6.07, 6.45) is 1.53. The predicted molar refractivity (Wildman–Crippen MR) is 86.8 cm³/mol. The number of carbonyl (C=O) groups is 2. The van der Waals surface area contributed by atoms with Crippen molar-refractivity contribution in [3.63, 3.8) is 0 Å². The molecular formula is C16H21FN4O2. The first-order valence-corrected chi connectivity index (χ1v) is 7.50. The Morgan fingerprint density at radius 1 is 1.22 bits per heavy atom. The number of hydrogen-bond acceptors (Lipinski definition) is 4. The maximum atomic E-state index is 13.8. The lowest BCUT2D eigenvalue weighted by Gasteiger charge is -2.35. The molecular weight excluding hydrogens is 299 g/mol. The molecule has 124 valence electrons. The average Bonchev–Trinajstić information content (AvgIpc) is 2.54. The summed E-state index contributed by atoms with van der Waals surface area (Å²) in [5, 5.41) is 4.74. The van der Waals surface area contributed by atoms with Gasteiger partial charge in [-0.15, -0.1) is 6.58 Å². The van der Waals surface area contributed by atoms with E-state index in [9.17, 15) is 14.0 Å². The molecule has 0 radical (unpaired) electrons. The summed E-state index contributed by atoms with van der Waals surface area (Å²) in [4.78, 5) is 27.0. The van der Waals surface area contributed by atoms with Gasteiger partial charge in [0.05, 0.1) is 12.2 Å².